The molecule has 0 spiro atoms. The summed E-state index contributed by atoms with van der Waals surface area (Å²) in [6, 6.07) is 5.84. The van der Waals surface area contributed by atoms with Crippen molar-refractivity contribution in [3.63, 3.8) is 0 Å². The number of carbonyl (C=O) groups is 1. The molecular weight excluding hydrogens is 394 g/mol. The number of aliphatic hydroxyl groups excluding tert-OH is 1. The molecule has 31 heavy (non-hydrogen) atoms. The fraction of sp³-hybridized carbons (Fsp3) is 0.542. The minimum Gasteiger partial charge on any atom is -0.757 e. The summed E-state index contributed by atoms with van der Waals surface area (Å²) in [6.45, 7) is 8.67. The predicted octanol–water partition coefficient (Wildman–Crippen LogP) is 3.96. The van der Waals surface area contributed by atoms with Crippen molar-refractivity contribution in [1.29, 1.82) is 0 Å². The first kappa shape index (κ1) is 21.7. The highest BCUT2D eigenvalue weighted by atomic mass is 16.5. The summed E-state index contributed by atoms with van der Waals surface area (Å²) in [5.41, 5.74) is 3.35. The standard InChI is InChI=1S/C24H30N3O4/c1-23(2)12-13-24(3,4)20-19(23)25-16-10-11-17(27(30)21(16)26-20)18(28)14-6-8-15(9-7-14)22(29)31-5/h6-9,17-18,28H,10-13H2,1-5H3/q-1. The molecule has 7 nitrogen and oxygen atoms in total. The molecule has 1 aromatic heterocycles. The Balaban J connectivity index is 1.65. The Morgan fingerprint density at radius 3 is 2.29 bits per heavy atom. The molecule has 1 aliphatic heterocycles. The molecule has 0 bridgehead atoms. The highest BCUT2D eigenvalue weighted by Gasteiger charge is 2.41. The maximum atomic E-state index is 13.3. The van der Waals surface area contributed by atoms with Crippen molar-refractivity contribution in [2.75, 3.05) is 12.2 Å². The minimum atomic E-state index is -1.00. The quantitative estimate of drug-likeness (QED) is 0.745. The van der Waals surface area contributed by atoms with Crippen LogP contribution in [0.1, 0.15) is 86.1 Å². The van der Waals surface area contributed by atoms with E-state index in [1.165, 1.54) is 7.11 Å². The first-order chi connectivity index (χ1) is 14.5. The number of carbonyl (C=O) groups excluding carboxylic acids is 1. The lowest BCUT2D eigenvalue weighted by molar-refractivity contribution is 0.0600. The molecule has 0 fully saturated rings. The smallest absolute Gasteiger partial charge is 0.337 e. The third-order valence-corrected chi connectivity index (χ3v) is 6.83. The van der Waals surface area contributed by atoms with Crippen molar-refractivity contribution in [3.05, 3.63) is 57.7 Å². The van der Waals surface area contributed by atoms with E-state index in [-0.39, 0.29) is 10.8 Å². The lowest BCUT2D eigenvalue weighted by Gasteiger charge is -2.47. The van der Waals surface area contributed by atoms with E-state index in [4.69, 9.17) is 14.7 Å². The number of hydrogen-bond donors (Lipinski definition) is 1. The van der Waals surface area contributed by atoms with Gasteiger partial charge >= 0.3 is 5.97 Å². The topological polar surface area (TPSA) is 98.6 Å². The van der Waals surface area contributed by atoms with E-state index in [9.17, 15) is 15.1 Å². The van der Waals surface area contributed by atoms with E-state index in [2.05, 4.69) is 27.7 Å². The number of aliphatic hydroxyl groups is 1. The third-order valence-electron chi connectivity index (χ3n) is 6.83. The molecule has 1 aromatic carbocycles. The highest BCUT2D eigenvalue weighted by molar-refractivity contribution is 5.89. The van der Waals surface area contributed by atoms with Crippen molar-refractivity contribution >= 4 is 11.8 Å². The average Bonchev–Trinajstić information content (AvgIpc) is 2.76. The number of anilines is 1. The van der Waals surface area contributed by atoms with Gasteiger partial charge < -0.3 is 20.1 Å². The Bertz CT molecular complexity index is 1000. The van der Waals surface area contributed by atoms with Gasteiger partial charge in [-0.1, -0.05) is 39.8 Å². The zero-order chi connectivity index (χ0) is 22.6. The van der Waals surface area contributed by atoms with Gasteiger partial charge in [-0.25, -0.2) is 9.78 Å². The van der Waals surface area contributed by atoms with Crippen LogP contribution in [0.25, 0.3) is 0 Å². The van der Waals surface area contributed by atoms with Crippen LogP contribution in [0.15, 0.2) is 24.3 Å². The maximum absolute atomic E-state index is 13.3. The summed E-state index contributed by atoms with van der Waals surface area (Å²) in [5, 5.41) is 25.1. The zero-order valence-electron chi connectivity index (χ0n) is 18.8. The molecule has 7 heteroatoms. The molecule has 0 radical (unpaired) electrons. The summed E-state index contributed by atoms with van der Waals surface area (Å²) in [4.78, 5) is 21.4. The van der Waals surface area contributed by atoms with Gasteiger partial charge in [-0.15, -0.1) is 0 Å². The van der Waals surface area contributed by atoms with E-state index in [1.54, 1.807) is 24.3 Å². The van der Waals surface area contributed by atoms with Crippen LogP contribution in [0.4, 0.5) is 5.82 Å². The molecule has 2 atom stereocenters. The molecule has 2 aliphatic rings. The van der Waals surface area contributed by atoms with Gasteiger partial charge in [0, 0.05) is 16.9 Å². The summed E-state index contributed by atoms with van der Waals surface area (Å²) in [5.74, 6) is -0.116. The summed E-state index contributed by atoms with van der Waals surface area (Å²) >= 11 is 0. The number of nitrogens with zero attached hydrogens (tertiary/aromatic N) is 3. The van der Waals surface area contributed by atoms with E-state index in [1.807, 2.05) is 0 Å². The maximum Gasteiger partial charge on any atom is 0.337 e. The van der Waals surface area contributed by atoms with Crippen molar-refractivity contribution in [2.24, 2.45) is 0 Å². The van der Waals surface area contributed by atoms with Gasteiger partial charge in [0.15, 0.2) is 0 Å². The number of fused-ring (bicyclic) bond motifs is 2. The fourth-order valence-electron chi connectivity index (χ4n) is 4.61. The molecular formula is C24H30N3O4-. The lowest BCUT2D eigenvalue weighted by atomic mass is 9.67. The van der Waals surface area contributed by atoms with Crippen molar-refractivity contribution in [1.82, 2.24) is 9.97 Å². The summed E-state index contributed by atoms with van der Waals surface area (Å²) in [6.07, 6.45) is 2.09. The van der Waals surface area contributed by atoms with Crippen LogP contribution in [-0.2, 0) is 22.0 Å². The van der Waals surface area contributed by atoms with Crippen LogP contribution in [0.3, 0.4) is 0 Å². The average molecular weight is 425 g/mol. The van der Waals surface area contributed by atoms with Crippen LogP contribution in [0.2, 0.25) is 0 Å². The fourth-order valence-corrected chi connectivity index (χ4v) is 4.61. The van der Waals surface area contributed by atoms with E-state index < -0.39 is 18.1 Å². The first-order valence-corrected chi connectivity index (χ1v) is 10.8. The Morgan fingerprint density at radius 2 is 1.71 bits per heavy atom. The molecule has 2 aromatic rings. The van der Waals surface area contributed by atoms with Crippen LogP contribution in [0, 0.1) is 5.21 Å². The molecule has 2 unspecified atom stereocenters. The molecule has 0 saturated heterocycles. The Kier molecular flexibility index (Phi) is 5.30. The first-order valence-electron chi connectivity index (χ1n) is 10.8. The summed E-state index contributed by atoms with van der Waals surface area (Å²) < 4.78 is 4.71. The number of aryl methyl sites for hydroxylation is 1. The van der Waals surface area contributed by atoms with E-state index in [0.29, 0.717) is 35.5 Å². The number of methoxy groups -OCH3 is 1. The van der Waals surface area contributed by atoms with Crippen LogP contribution < -0.4 is 5.06 Å². The second-order valence-corrected chi connectivity index (χ2v) is 9.95. The summed E-state index contributed by atoms with van der Waals surface area (Å²) in [7, 11) is 1.32. The lowest BCUT2D eigenvalue weighted by Crippen LogP contribution is -2.43. The molecule has 166 valence electrons. The Morgan fingerprint density at radius 1 is 1.13 bits per heavy atom. The number of hydrogen-bond acceptors (Lipinski definition) is 7. The Labute approximate surface area is 183 Å². The zero-order valence-corrected chi connectivity index (χ0v) is 18.8. The minimum absolute atomic E-state index is 0.0711. The molecule has 0 saturated carbocycles. The van der Waals surface area contributed by atoms with Crippen LogP contribution >= 0.6 is 0 Å². The number of esters is 1. The molecule has 4 rings (SSSR count). The largest absolute Gasteiger partial charge is 0.757 e. The second kappa shape index (κ2) is 7.57. The predicted molar refractivity (Wildman–Crippen MR) is 118 cm³/mol. The van der Waals surface area contributed by atoms with Crippen molar-refractivity contribution in [3.8, 4) is 0 Å². The normalized spacial score (nSPS) is 22.3. The number of hydroxylamine groups is 1. The number of aromatic nitrogens is 2. The Hall–Kier alpha value is -2.51. The van der Waals surface area contributed by atoms with Gasteiger partial charge in [-0.05, 0) is 43.4 Å². The van der Waals surface area contributed by atoms with Gasteiger partial charge in [0.2, 0.25) is 0 Å². The number of ether oxygens (including phenoxy) is 1. The highest BCUT2D eigenvalue weighted by Crippen LogP contribution is 2.46. The van der Waals surface area contributed by atoms with E-state index >= 15 is 0 Å². The SMILES string of the molecule is COC(=O)c1ccc(C(O)C2CCc3nc4c(nc3N2[O-])C(C)(C)CCC4(C)C)cc1. The van der Waals surface area contributed by atoms with Crippen molar-refractivity contribution < 1.29 is 14.6 Å². The van der Waals surface area contributed by atoms with Gasteiger partial charge in [0.25, 0.3) is 0 Å². The third kappa shape index (κ3) is 3.70. The van der Waals surface area contributed by atoms with Crippen molar-refractivity contribution in [2.45, 2.75) is 76.4 Å². The molecule has 1 N–H and O–H groups in total. The van der Waals surface area contributed by atoms with Gasteiger partial charge in [-0.3, -0.25) is 4.98 Å². The van der Waals surface area contributed by atoms with Gasteiger partial charge in [0.05, 0.1) is 35.9 Å². The second-order valence-electron chi connectivity index (χ2n) is 9.95. The number of rotatable bonds is 3. The molecule has 2 heterocycles. The molecule has 1 aliphatic carbocycles. The van der Waals surface area contributed by atoms with Gasteiger partial charge in [-0.2, -0.15) is 0 Å². The molecule has 0 amide bonds. The number of benzene rings is 1. The van der Waals surface area contributed by atoms with Gasteiger partial charge in [0.1, 0.15) is 5.82 Å². The van der Waals surface area contributed by atoms with E-state index in [0.717, 1.165) is 29.3 Å². The van der Waals surface area contributed by atoms with Crippen LogP contribution in [-0.4, -0.2) is 34.2 Å². The monoisotopic (exact) mass is 424 g/mol. The van der Waals surface area contributed by atoms with Crippen LogP contribution in [0.5, 0.6) is 0 Å².